The molecule has 112 valence electrons. The molecule has 0 aromatic rings. The summed E-state index contributed by atoms with van der Waals surface area (Å²) in [7, 11) is 0. The van der Waals surface area contributed by atoms with Gasteiger partial charge in [0, 0.05) is 37.5 Å². The highest BCUT2D eigenvalue weighted by atomic mass is 16.2. The summed E-state index contributed by atoms with van der Waals surface area (Å²) in [5, 5.41) is 0. The molecule has 0 radical (unpaired) electrons. The minimum absolute atomic E-state index is 0.385. The molecule has 4 rings (SSSR count). The molecule has 4 fully saturated rings. The second kappa shape index (κ2) is 5.01. The van der Waals surface area contributed by atoms with Crippen molar-refractivity contribution in [2.45, 2.75) is 51.4 Å². The van der Waals surface area contributed by atoms with Gasteiger partial charge in [0.2, 0.25) is 5.91 Å². The van der Waals surface area contributed by atoms with Gasteiger partial charge in [-0.15, -0.1) is 0 Å². The van der Waals surface area contributed by atoms with Crippen LogP contribution in [-0.2, 0) is 4.79 Å². The molecule has 2 saturated carbocycles. The van der Waals surface area contributed by atoms with Crippen molar-refractivity contribution in [3.8, 4) is 0 Å². The average Bonchev–Trinajstić information content (AvgIpc) is 3.08. The van der Waals surface area contributed by atoms with E-state index in [4.69, 9.17) is 0 Å². The van der Waals surface area contributed by atoms with Crippen LogP contribution < -0.4 is 0 Å². The summed E-state index contributed by atoms with van der Waals surface area (Å²) < 4.78 is 0. The van der Waals surface area contributed by atoms with Crippen LogP contribution in [0.5, 0.6) is 0 Å². The third kappa shape index (κ3) is 2.49. The molecule has 2 aliphatic heterocycles. The summed E-state index contributed by atoms with van der Waals surface area (Å²) in [5.41, 5.74) is 0.451. The lowest BCUT2D eigenvalue weighted by Gasteiger charge is -2.41. The van der Waals surface area contributed by atoms with Crippen LogP contribution in [0.15, 0.2) is 0 Å². The number of hydrogen-bond donors (Lipinski definition) is 0. The first kappa shape index (κ1) is 13.1. The molecule has 1 spiro atoms. The molecule has 20 heavy (non-hydrogen) atoms. The maximum Gasteiger partial charge on any atom is 0.225 e. The van der Waals surface area contributed by atoms with Crippen molar-refractivity contribution in [1.82, 2.24) is 9.80 Å². The fourth-order valence-corrected chi connectivity index (χ4v) is 4.50. The molecule has 1 atom stereocenters. The van der Waals surface area contributed by atoms with E-state index in [9.17, 15) is 4.79 Å². The van der Waals surface area contributed by atoms with Crippen molar-refractivity contribution in [1.29, 1.82) is 0 Å². The molecular formula is C17H28N2O. The van der Waals surface area contributed by atoms with Crippen LogP contribution in [0.4, 0.5) is 0 Å². The maximum absolute atomic E-state index is 12.4. The molecule has 1 amide bonds. The number of hydrogen-bond acceptors (Lipinski definition) is 2. The second-order valence-electron chi connectivity index (χ2n) is 7.92. The molecule has 3 nitrogen and oxygen atoms in total. The Balaban J connectivity index is 1.36. The van der Waals surface area contributed by atoms with Crippen LogP contribution in [-0.4, -0.2) is 48.4 Å². The Labute approximate surface area is 122 Å². The van der Waals surface area contributed by atoms with E-state index in [1.807, 2.05) is 0 Å². The zero-order valence-corrected chi connectivity index (χ0v) is 12.6. The Kier molecular flexibility index (Phi) is 3.29. The summed E-state index contributed by atoms with van der Waals surface area (Å²) in [6.07, 6.45) is 10.4. The minimum atomic E-state index is 0.385. The number of piperidine rings is 1. The predicted molar refractivity (Wildman–Crippen MR) is 79.4 cm³/mol. The first-order chi connectivity index (χ1) is 9.74. The number of nitrogens with zero attached hydrogens (tertiary/aromatic N) is 2. The normalized spacial score (nSPS) is 35.5. The standard InChI is InChI=1S/C17H28N2O/c20-16(15-3-1-4-15)19-10-8-17(13-19)7-2-9-18(12-17)11-14-5-6-14/h14-15H,1-13H2/t17-/m0/s1. The van der Waals surface area contributed by atoms with Crippen LogP contribution >= 0.6 is 0 Å². The third-order valence-electron chi connectivity index (χ3n) is 6.16. The van der Waals surface area contributed by atoms with E-state index in [-0.39, 0.29) is 0 Å². The van der Waals surface area contributed by atoms with Gasteiger partial charge in [-0.25, -0.2) is 0 Å². The number of likely N-dealkylation sites (tertiary alicyclic amines) is 2. The SMILES string of the molecule is O=C(C1CCC1)N1CC[C@]2(CCCN(CC3CC3)C2)C1. The van der Waals surface area contributed by atoms with Gasteiger partial charge in [0.05, 0.1) is 0 Å². The Bertz CT molecular complexity index is 388. The summed E-state index contributed by atoms with van der Waals surface area (Å²) >= 11 is 0. The molecule has 4 aliphatic rings. The van der Waals surface area contributed by atoms with Crippen molar-refractivity contribution in [2.75, 3.05) is 32.7 Å². The van der Waals surface area contributed by atoms with Crippen molar-refractivity contribution < 1.29 is 4.79 Å². The molecule has 0 N–H and O–H groups in total. The average molecular weight is 276 g/mol. The van der Waals surface area contributed by atoms with Crippen LogP contribution in [0.1, 0.15) is 51.4 Å². The molecule has 2 aliphatic carbocycles. The number of carbonyl (C=O) groups is 1. The zero-order valence-electron chi connectivity index (χ0n) is 12.6. The van der Waals surface area contributed by atoms with Gasteiger partial charge in [-0.3, -0.25) is 4.79 Å². The van der Waals surface area contributed by atoms with Gasteiger partial charge in [0.1, 0.15) is 0 Å². The van der Waals surface area contributed by atoms with E-state index < -0.39 is 0 Å². The first-order valence-corrected chi connectivity index (χ1v) is 8.75. The van der Waals surface area contributed by atoms with E-state index in [1.165, 1.54) is 58.2 Å². The topological polar surface area (TPSA) is 23.6 Å². The molecule has 0 aromatic carbocycles. The quantitative estimate of drug-likeness (QED) is 0.791. The minimum Gasteiger partial charge on any atom is -0.342 e. The Morgan fingerprint density at radius 3 is 2.55 bits per heavy atom. The van der Waals surface area contributed by atoms with E-state index in [0.29, 0.717) is 17.2 Å². The smallest absolute Gasteiger partial charge is 0.225 e. The number of carbonyl (C=O) groups excluding carboxylic acids is 1. The van der Waals surface area contributed by atoms with Gasteiger partial charge >= 0.3 is 0 Å². The fourth-order valence-electron chi connectivity index (χ4n) is 4.50. The lowest BCUT2D eigenvalue weighted by atomic mass is 9.79. The van der Waals surface area contributed by atoms with Gasteiger partial charge in [-0.1, -0.05) is 6.42 Å². The van der Waals surface area contributed by atoms with Crippen LogP contribution in [0.25, 0.3) is 0 Å². The van der Waals surface area contributed by atoms with Crippen LogP contribution in [0, 0.1) is 17.3 Å². The van der Waals surface area contributed by atoms with Gasteiger partial charge in [0.15, 0.2) is 0 Å². The molecule has 2 heterocycles. The van der Waals surface area contributed by atoms with Crippen LogP contribution in [0.3, 0.4) is 0 Å². The molecule has 0 aromatic heterocycles. The maximum atomic E-state index is 12.4. The molecule has 0 unspecified atom stereocenters. The van der Waals surface area contributed by atoms with Crippen molar-refractivity contribution in [2.24, 2.45) is 17.3 Å². The highest BCUT2D eigenvalue weighted by molar-refractivity contribution is 5.80. The number of amides is 1. The van der Waals surface area contributed by atoms with E-state index >= 15 is 0 Å². The fraction of sp³-hybridized carbons (Fsp3) is 0.941. The zero-order chi connectivity index (χ0) is 13.6. The molecule has 3 heteroatoms. The lowest BCUT2D eigenvalue weighted by molar-refractivity contribution is -0.137. The van der Waals surface area contributed by atoms with Crippen molar-refractivity contribution >= 4 is 5.91 Å². The van der Waals surface area contributed by atoms with Crippen molar-refractivity contribution in [3.05, 3.63) is 0 Å². The van der Waals surface area contributed by atoms with Gasteiger partial charge < -0.3 is 9.80 Å². The van der Waals surface area contributed by atoms with E-state index in [2.05, 4.69) is 9.80 Å². The number of rotatable bonds is 3. The highest BCUT2D eigenvalue weighted by Gasteiger charge is 2.44. The van der Waals surface area contributed by atoms with Gasteiger partial charge in [0.25, 0.3) is 0 Å². The third-order valence-corrected chi connectivity index (χ3v) is 6.16. The lowest BCUT2D eigenvalue weighted by Crippen LogP contribution is -2.46. The second-order valence-corrected chi connectivity index (χ2v) is 7.92. The monoisotopic (exact) mass is 276 g/mol. The Morgan fingerprint density at radius 1 is 1.00 bits per heavy atom. The highest BCUT2D eigenvalue weighted by Crippen LogP contribution is 2.42. The largest absolute Gasteiger partial charge is 0.342 e. The van der Waals surface area contributed by atoms with Crippen molar-refractivity contribution in [3.63, 3.8) is 0 Å². The summed E-state index contributed by atoms with van der Waals surface area (Å²) in [4.78, 5) is 17.4. The molecular weight excluding hydrogens is 248 g/mol. The summed E-state index contributed by atoms with van der Waals surface area (Å²) in [5.74, 6) is 1.86. The summed E-state index contributed by atoms with van der Waals surface area (Å²) in [6, 6.07) is 0. The van der Waals surface area contributed by atoms with E-state index in [1.54, 1.807) is 0 Å². The summed E-state index contributed by atoms with van der Waals surface area (Å²) in [6.45, 7) is 5.99. The Hall–Kier alpha value is -0.570. The van der Waals surface area contributed by atoms with Gasteiger partial charge in [-0.2, -0.15) is 0 Å². The predicted octanol–water partition coefficient (Wildman–Crippen LogP) is 2.51. The first-order valence-electron chi connectivity index (χ1n) is 8.75. The van der Waals surface area contributed by atoms with Gasteiger partial charge in [-0.05, 0) is 57.4 Å². The molecule has 0 bridgehead atoms. The molecule has 2 saturated heterocycles. The Morgan fingerprint density at radius 2 is 1.85 bits per heavy atom. The van der Waals surface area contributed by atoms with E-state index in [0.717, 1.165) is 31.8 Å². The van der Waals surface area contributed by atoms with Crippen LogP contribution in [0.2, 0.25) is 0 Å².